The van der Waals surface area contributed by atoms with Crippen LogP contribution in [0, 0.1) is 0 Å². The fourth-order valence-corrected chi connectivity index (χ4v) is 2.95. The van der Waals surface area contributed by atoms with Gasteiger partial charge in [-0.15, -0.1) is 5.10 Å². The van der Waals surface area contributed by atoms with E-state index >= 15 is 0 Å². The lowest BCUT2D eigenvalue weighted by Crippen LogP contribution is -2.05. The molecule has 1 N–H and O–H groups in total. The van der Waals surface area contributed by atoms with Crippen LogP contribution in [0.5, 0.6) is 0 Å². The van der Waals surface area contributed by atoms with Gasteiger partial charge >= 0.3 is 0 Å². The van der Waals surface area contributed by atoms with Crippen LogP contribution >= 0.6 is 23.4 Å². The molecule has 8 heteroatoms. The Morgan fingerprint density at radius 2 is 2.04 bits per heavy atom. The molecule has 0 aliphatic heterocycles. The van der Waals surface area contributed by atoms with Gasteiger partial charge in [0.2, 0.25) is 0 Å². The zero-order chi connectivity index (χ0) is 15.8. The standard InChI is InChI=1S/C15H13ClN6S/c1-23-7-6-11-19-14-12(17-8-18-14)15-20-13(21-22(11)15)9-2-4-10(16)5-3-9/h2-5,8H,6-7H2,1H3,(H,17,18). The SMILES string of the molecule is CSCCc1nc2nc[nH]c2c2nc(-c3ccc(Cl)cc3)nn12. The molecule has 116 valence electrons. The van der Waals surface area contributed by atoms with E-state index < -0.39 is 0 Å². The van der Waals surface area contributed by atoms with E-state index in [0.717, 1.165) is 34.7 Å². The van der Waals surface area contributed by atoms with E-state index in [9.17, 15) is 0 Å². The summed E-state index contributed by atoms with van der Waals surface area (Å²) in [6.07, 6.45) is 4.52. The maximum atomic E-state index is 5.95. The van der Waals surface area contributed by atoms with Gasteiger partial charge < -0.3 is 4.98 Å². The highest BCUT2D eigenvalue weighted by Gasteiger charge is 2.15. The number of H-pyrrole nitrogens is 1. The Bertz CT molecular complexity index is 975. The van der Waals surface area contributed by atoms with Crippen LogP contribution in [0.3, 0.4) is 0 Å². The first kappa shape index (κ1) is 14.5. The Balaban J connectivity index is 1.93. The maximum Gasteiger partial charge on any atom is 0.185 e. The van der Waals surface area contributed by atoms with E-state index in [-0.39, 0.29) is 0 Å². The molecule has 1 aromatic carbocycles. The molecule has 0 saturated heterocycles. The molecule has 0 aliphatic carbocycles. The smallest absolute Gasteiger partial charge is 0.185 e. The number of halogens is 1. The fourth-order valence-electron chi connectivity index (χ4n) is 2.44. The summed E-state index contributed by atoms with van der Waals surface area (Å²) >= 11 is 7.72. The van der Waals surface area contributed by atoms with Crippen molar-refractivity contribution in [3.8, 4) is 11.4 Å². The summed E-state index contributed by atoms with van der Waals surface area (Å²) in [6.45, 7) is 0. The van der Waals surface area contributed by atoms with Gasteiger partial charge in [-0.2, -0.15) is 16.3 Å². The topological polar surface area (TPSA) is 71.8 Å². The van der Waals surface area contributed by atoms with Crippen LogP contribution in [-0.4, -0.2) is 41.6 Å². The molecule has 0 spiro atoms. The second-order valence-corrected chi connectivity index (χ2v) is 6.47. The molecular formula is C15H13ClN6S. The maximum absolute atomic E-state index is 5.95. The fraction of sp³-hybridized carbons (Fsp3) is 0.200. The van der Waals surface area contributed by atoms with E-state index in [2.05, 4.69) is 31.3 Å². The molecule has 0 aliphatic rings. The molecule has 4 aromatic rings. The van der Waals surface area contributed by atoms with Crippen LogP contribution < -0.4 is 0 Å². The van der Waals surface area contributed by atoms with E-state index in [4.69, 9.17) is 11.6 Å². The summed E-state index contributed by atoms with van der Waals surface area (Å²) in [6, 6.07) is 7.50. The highest BCUT2D eigenvalue weighted by atomic mass is 35.5. The first-order chi connectivity index (χ1) is 11.3. The van der Waals surface area contributed by atoms with Gasteiger partial charge in [0.1, 0.15) is 11.3 Å². The second kappa shape index (κ2) is 5.82. The number of benzene rings is 1. The number of aromatic amines is 1. The normalized spacial score (nSPS) is 11.6. The molecule has 0 bridgehead atoms. The van der Waals surface area contributed by atoms with Crippen LogP contribution in [0.1, 0.15) is 5.82 Å². The summed E-state index contributed by atoms with van der Waals surface area (Å²) in [7, 11) is 0. The number of fused-ring (bicyclic) bond motifs is 3. The average Bonchev–Trinajstić information content (AvgIpc) is 3.19. The van der Waals surface area contributed by atoms with Gasteiger partial charge in [-0.1, -0.05) is 11.6 Å². The first-order valence-corrected chi connectivity index (χ1v) is 8.87. The molecule has 3 aromatic heterocycles. The molecular weight excluding hydrogens is 332 g/mol. The molecule has 0 radical (unpaired) electrons. The molecule has 0 unspecified atom stereocenters. The van der Waals surface area contributed by atoms with Crippen LogP contribution in [0.2, 0.25) is 5.02 Å². The van der Waals surface area contributed by atoms with Crippen molar-refractivity contribution >= 4 is 40.2 Å². The highest BCUT2D eigenvalue weighted by Crippen LogP contribution is 2.22. The van der Waals surface area contributed by atoms with Gasteiger partial charge in [0.15, 0.2) is 17.1 Å². The van der Waals surface area contributed by atoms with Crippen molar-refractivity contribution in [2.24, 2.45) is 0 Å². The number of thioether (sulfide) groups is 1. The second-order valence-electron chi connectivity index (χ2n) is 5.05. The molecule has 3 heterocycles. The predicted octanol–water partition coefficient (Wildman–Crippen LogP) is 3.23. The minimum atomic E-state index is 0.649. The predicted molar refractivity (Wildman–Crippen MR) is 93.0 cm³/mol. The van der Waals surface area contributed by atoms with Gasteiger partial charge in [0, 0.05) is 22.8 Å². The lowest BCUT2D eigenvalue weighted by atomic mass is 10.2. The minimum absolute atomic E-state index is 0.649. The average molecular weight is 345 g/mol. The van der Waals surface area contributed by atoms with Gasteiger partial charge in [-0.25, -0.2) is 15.0 Å². The number of nitrogens with one attached hydrogen (secondary N) is 1. The molecule has 0 saturated carbocycles. The number of aromatic nitrogens is 6. The number of rotatable bonds is 4. The number of imidazole rings is 1. The monoisotopic (exact) mass is 344 g/mol. The molecule has 4 rings (SSSR count). The quantitative estimate of drug-likeness (QED) is 0.615. The Kier molecular flexibility index (Phi) is 3.66. The summed E-state index contributed by atoms with van der Waals surface area (Å²) in [5, 5.41) is 5.33. The molecule has 0 amide bonds. The van der Waals surface area contributed by atoms with Crippen LogP contribution in [-0.2, 0) is 6.42 Å². The summed E-state index contributed by atoms with van der Waals surface area (Å²) in [5.74, 6) is 2.48. The molecule has 23 heavy (non-hydrogen) atoms. The number of aryl methyl sites for hydroxylation is 1. The third-order valence-corrected chi connectivity index (χ3v) is 4.43. The van der Waals surface area contributed by atoms with E-state index in [1.165, 1.54) is 0 Å². The van der Waals surface area contributed by atoms with Crippen molar-refractivity contribution in [2.45, 2.75) is 6.42 Å². The Labute approximate surface area is 141 Å². The summed E-state index contributed by atoms with van der Waals surface area (Å²) < 4.78 is 1.81. The van der Waals surface area contributed by atoms with Crippen molar-refractivity contribution in [3.05, 3.63) is 41.4 Å². The van der Waals surface area contributed by atoms with E-state index in [0.29, 0.717) is 16.5 Å². The minimum Gasteiger partial charge on any atom is -0.340 e. The van der Waals surface area contributed by atoms with Crippen molar-refractivity contribution in [3.63, 3.8) is 0 Å². The molecule has 0 fully saturated rings. The lowest BCUT2D eigenvalue weighted by molar-refractivity contribution is 0.827. The van der Waals surface area contributed by atoms with Crippen molar-refractivity contribution in [1.29, 1.82) is 0 Å². The number of hydrogen-bond acceptors (Lipinski definition) is 5. The van der Waals surface area contributed by atoms with E-state index in [1.807, 2.05) is 24.3 Å². The Morgan fingerprint density at radius 1 is 1.22 bits per heavy atom. The zero-order valence-corrected chi connectivity index (χ0v) is 13.9. The van der Waals surface area contributed by atoms with Gasteiger partial charge in [-0.05, 0) is 30.5 Å². The third-order valence-electron chi connectivity index (χ3n) is 3.56. The van der Waals surface area contributed by atoms with Gasteiger partial charge in [-0.3, -0.25) is 0 Å². The van der Waals surface area contributed by atoms with E-state index in [1.54, 1.807) is 22.6 Å². The summed E-state index contributed by atoms with van der Waals surface area (Å²) in [5.41, 5.74) is 3.13. The molecule has 6 nitrogen and oxygen atoms in total. The van der Waals surface area contributed by atoms with Gasteiger partial charge in [0.25, 0.3) is 0 Å². The Hall–Kier alpha value is -2.12. The first-order valence-electron chi connectivity index (χ1n) is 7.10. The van der Waals surface area contributed by atoms with Gasteiger partial charge in [0.05, 0.1) is 6.33 Å². The third kappa shape index (κ3) is 2.55. The van der Waals surface area contributed by atoms with Crippen molar-refractivity contribution in [2.75, 3.05) is 12.0 Å². The van der Waals surface area contributed by atoms with Crippen molar-refractivity contribution in [1.82, 2.24) is 29.5 Å². The lowest BCUT2D eigenvalue weighted by Gasteiger charge is -2.02. The number of nitrogens with zero attached hydrogens (tertiary/aromatic N) is 5. The van der Waals surface area contributed by atoms with Crippen LogP contribution in [0.25, 0.3) is 28.2 Å². The largest absolute Gasteiger partial charge is 0.340 e. The summed E-state index contributed by atoms with van der Waals surface area (Å²) in [4.78, 5) is 16.6. The number of hydrogen-bond donors (Lipinski definition) is 1. The molecule has 0 atom stereocenters. The van der Waals surface area contributed by atoms with Crippen LogP contribution in [0.4, 0.5) is 0 Å². The van der Waals surface area contributed by atoms with Crippen LogP contribution in [0.15, 0.2) is 30.6 Å². The highest BCUT2D eigenvalue weighted by molar-refractivity contribution is 7.98. The zero-order valence-electron chi connectivity index (χ0n) is 12.3. The van der Waals surface area contributed by atoms with Crippen molar-refractivity contribution < 1.29 is 0 Å². The Morgan fingerprint density at radius 3 is 2.83 bits per heavy atom.